The highest BCUT2D eigenvalue weighted by molar-refractivity contribution is 6.10. The van der Waals surface area contributed by atoms with Gasteiger partial charge in [0.05, 0.1) is 37.1 Å². The molecule has 2 atom stereocenters. The van der Waals surface area contributed by atoms with E-state index in [4.69, 9.17) is 4.74 Å². The van der Waals surface area contributed by atoms with Gasteiger partial charge in [0.1, 0.15) is 17.4 Å². The fourth-order valence-corrected chi connectivity index (χ4v) is 4.27. The number of β-amino-alcohol motifs (C(OH)–C–C–N with tert-alkyl or cyclic N) is 1. The van der Waals surface area contributed by atoms with Crippen LogP contribution in [-0.2, 0) is 6.54 Å². The normalized spacial score (nSPS) is 19.6. The summed E-state index contributed by atoms with van der Waals surface area (Å²) >= 11 is 0. The summed E-state index contributed by atoms with van der Waals surface area (Å²) in [6.45, 7) is 3.07. The number of ether oxygens (including phenoxy) is 1. The minimum Gasteiger partial charge on any atom is -0.496 e. The van der Waals surface area contributed by atoms with Crippen LogP contribution in [0, 0.1) is 12.7 Å². The number of aliphatic hydroxyl groups is 1. The number of carbonyl (C=O) groups is 1. The van der Waals surface area contributed by atoms with Crippen LogP contribution in [0.4, 0.5) is 16.2 Å². The summed E-state index contributed by atoms with van der Waals surface area (Å²) in [5, 5.41) is 16.3. The second-order valence-electron chi connectivity index (χ2n) is 8.06. The molecule has 0 radical (unpaired) electrons. The Balaban J connectivity index is 1.51. The lowest BCUT2D eigenvalue weighted by molar-refractivity contribution is 0.0996. The zero-order valence-electron chi connectivity index (χ0n) is 18.2. The van der Waals surface area contributed by atoms with E-state index >= 15 is 0 Å². The lowest BCUT2D eigenvalue weighted by Gasteiger charge is -2.19. The van der Waals surface area contributed by atoms with Crippen LogP contribution in [0.15, 0.2) is 36.5 Å². The molecular formula is C23H23FN6O3. The van der Waals surface area contributed by atoms with Crippen molar-refractivity contribution in [1.82, 2.24) is 20.3 Å². The standard InChI is InChI=1S/C23H23FN6O3/c1-12-8-19(29-23(27-12)28-16-9-25-10-17(16)31)30-11-14-13(22(30)32)6-7-26-21(14)20-15(24)4-3-5-18(20)33-2/h3-8,16-17,25,31H,9-11H2,1-2H3,(H,27,28,29)/t16-,17-/m1/s1. The minimum absolute atomic E-state index is 0.179. The van der Waals surface area contributed by atoms with Crippen LogP contribution in [0.3, 0.4) is 0 Å². The number of hydrogen-bond acceptors (Lipinski definition) is 8. The van der Waals surface area contributed by atoms with Gasteiger partial charge in [0, 0.05) is 42.2 Å². The third kappa shape index (κ3) is 3.77. The van der Waals surface area contributed by atoms with Crippen molar-refractivity contribution in [2.45, 2.75) is 25.6 Å². The maximum atomic E-state index is 14.8. The highest BCUT2D eigenvalue weighted by Gasteiger charge is 2.34. The molecule has 2 aliphatic heterocycles. The molecule has 1 fully saturated rings. The first kappa shape index (κ1) is 21.2. The molecule has 5 rings (SSSR count). The largest absolute Gasteiger partial charge is 0.496 e. The summed E-state index contributed by atoms with van der Waals surface area (Å²) in [6.07, 6.45) is 0.938. The van der Waals surface area contributed by atoms with Gasteiger partial charge in [-0.1, -0.05) is 6.07 Å². The quantitative estimate of drug-likeness (QED) is 0.540. The highest BCUT2D eigenvalue weighted by Crippen LogP contribution is 2.38. The van der Waals surface area contributed by atoms with Gasteiger partial charge in [-0.25, -0.2) is 9.37 Å². The summed E-state index contributed by atoms with van der Waals surface area (Å²) in [6, 6.07) is 7.68. The van der Waals surface area contributed by atoms with E-state index < -0.39 is 11.9 Å². The van der Waals surface area contributed by atoms with Crippen LogP contribution in [0.2, 0.25) is 0 Å². The summed E-state index contributed by atoms with van der Waals surface area (Å²) in [7, 11) is 1.47. The van der Waals surface area contributed by atoms with E-state index in [0.717, 1.165) is 0 Å². The van der Waals surface area contributed by atoms with Gasteiger partial charge in [0.2, 0.25) is 5.95 Å². The number of benzene rings is 1. The van der Waals surface area contributed by atoms with Gasteiger partial charge in [-0.3, -0.25) is 14.7 Å². The van der Waals surface area contributed by atoms with Crippen LogP contribution in [0.1, 0.15) is 21.6 Å². The summed E-state index contributed by atoms with van der Waals surface area (Å²) in [5.41, 5.74) is 2.29. The smallest absolute Gasteiger partial charge is 0.260 e. The lowest BCUT2D eigenvalue weighted by Crippen LogP contribution is -2.33. The number of methoxy groups -OCH3 is 1. The average Bonchev–Trinajstić information content (AvgIpc) is 3.36. The highest BCUT2D eigenvalue weighted by atomic mass is 19.1. The predicted molar refractivity (Wildman–Crippen MR) is 120 cm³/mol. The van der Waals surface area contributed by atoms with Crippen molar-refractivity contribution in [1.29, 1.82) is 0 Å². The molecule has 1 amide bonds. The van der Waals surface area contributed by atoms with Crippen LogP contribution in [-0.4, -0.2) is 58.3 Å². The molecule has 1 saturated heterocycles. The maximum absolute atomic E-state index is 14.8. The average molecular weight is 450 g/mol. The number of carbonyl (C=O) groups excluding carboxylic acids is 1. The van der Waals surface area contributed by atoms with Gasteiger partial charge in [-0.15, -0.1) is 0 Å². The number of pyridine rings is 1. The van der Waals surface area contributed by atoms with Crippen molar-refractivity contribution in [3.05, 3.63) is 59.2 Å². The molecule has 9 nitrogen and oxygen atoms in total. The number of aromatic nitrogens is 3. The van der Waals surface area contributed by atoms with Gasteiger partial charge in [0.25, 0.3) is 5.91 Å². The van der Waals surface area contributed by atoms with Crippen molar-refractivity contribution in [3.8, 4) is 17.0 Å². The topological polar surface area (TPSA) is 112 Å². The second-order valence-corrected chi connectivity index (χ2v) is 8.06. The monoisotopic (exact) mass is 450 g/mol. The Morgan fingerprint density at radius 2 is 2.12 bits per heavy atom. The summed E-state index contributed by atoms with van der Waals surface area (Å²) < 4.78 is 20.1. The number of aliphatic hydroxyl groups excluding tert-OH is 1. The number of fused-ring (bicyclic) bond motifs is 1. The number of rotatable bonds is 5. The molecule has 2 aromatic heterocycles. The summed E-state index contributed by atoms with van der Waals surface area (Å²) in [5.74, 6) is 0.355. The number of hydrogen-bond donors (Lipinski definition) is 3. The van der Waals surface area contributed by atoms with E-state index in [0.29, 0.717) is 53.1 Å². The zero-order chi connectivity index (χ0) is 23.1. The molecule has 3 N–H and O–H groups in total. The van der Waals surface area contributed by atoms with Gasteiger partial charge >= 0.3 is 0 Å². The van der Waals surface area contributed by atoms with E-state index in [1.807, 2.05) is 6.92 Å². The first-order chi connectivity index (χ1) is 16.0. The van der Waals surface area contributed by atoms with E-state index in [9.17, 15) is 14.3 Å². The van der Waals surface area contributed by atoms with Crippen molar-refractivity contribution in [2.24, 2.45) is 0 Å². The fraction of sp³-hybridized carbons (Fsp3) is 0.304. The SMILES string of the molecule is COc1cccc(F)c1-c1nccc2c1CN(c1cc(C)nc(N[C@@H]3CNC[C@H]3O)n1)C2=O. The first-order valence-electron chi connectivity index (χ1n) is 10.6. The van der Waals surface area contributed by atoms with Gasteiger partial charge in [0.15, 0.2) is 0 Å². The van der Waals surface area contributed by atoms with E-state index in [2.05, 4.69) is 25.6 Å². The third-order valence-corrected chi connectivity index (χ3v) is 5.89. The molecule has 4 heterocycles. The molecule has 0 spiro atoms. The molecule has 2 aliphatic rings. The van der Waals surface area contributed by atoms with Crippen LogP contribution in [0.25, 0.3) is 11.3 Å². The van der Waals surface area contributed by atoms with Crippen LogP contribution < -0.4 is 20.3 Å². The Morgan fingerprint density at radius 1 is 1.27 bits per heavy atom. The van der Waals surface area contributed by atoms with Crippen molar-refractivity contribution < 1.29 is 19.0 Å². The van der Waals surface area contributed by atoms with Crippen LogP contribution in [0.5, 0.6) is 5.75 Å². The number of nitrogens with zero attached hydrogens (tertiary/aromatic N) is 4. The van der Waals surface area contributed by atoms with Crippen molar-refractivity contribution >= 4 is 17.7 Å². The van der Waals surface area contributed by atoms with E-state index in [1.54, 1.807) is 24.3 Å². The minimum atomic E-state index is -0.556. The van der Waals surface area contributed by atoms with Crippen molar-refractivity contribution in [3.63, 3.8) is 0 Å². The molecule has 1 aromatic carbocycles. The molecule has 0 saturated carbocycles. The number of amides is 1. The molecule has 170 valence electrons. The molecule has 0 unspecified atom stereocenters. The molecule has 3 aromatic rings. The molecule has 10 heteroatoms. The number of aryl methyl sites for hydroxylation is 1. The maximum Gasteiger partial charge on any atom is 0.260 e. The van der Waals surface area contributed by atoms with Crippen molar-refractivity contribution in [2.75, 3.05) is 30.4 Å². The fourth-order valence-electron chi connectivity index (χ4n) is 4.27. The summed E-state index contributed by atoms with van der Waals surface area (Å²) in [4.78, 5) is 28.1. The Bertz CT molecular complexity index is 1240. The number of halogens is 1. The van der Waals surface area contributed by atoms with Gasteiger partial charge < -0.3 is 20.5 Å². The molecular weight excluding hydrogens is 427 g/mol. The predicted octanol–water partition coefficient (Wildman–Crippen LogP) is 1.90. The molecule has 0 bridgehead atoms. The van der Waals surface area contributed by atoms with E-state index in [1.165, 1.54) is 24.3 Å². The number of nitrogens with one attached hydrogen (secondary N) is 2. The Labute approximate surface area is 189 Å². The van der Waals surface area contributed by atoms with Gasteiger partial charge in [-0.2, -0.15) is 4.98 Å². The molecule has 0 aliphatic carbocycles. The lowest BCUT2D eigenvalue weighted by atomic mass is 10.0. The Hall–Kier alpha value is -3.63. The van der Waals surface area contributed by atoms with Gasteiger partial charge in [-0.05, 0) is 25.1 Å². The second kappa shape index (κ2) is 8.38. The Morgan fingerprint density at radius 3 is 2.88 bits per heavy atom. The molecule has 33 heavy (non-hydrogen) atoms. The third-order valence-electron chi connectivity index (χ3n) is 5.89. The van der Waals surface area contributed by atoms with E-state index in [-0.39, 0.29) is 24.1 Å². The first-order valence-corrected chi connectivity index (χ1v) is 10.6. The number of anilines is 2. The Kier molecular flexibility index (Phi) is 5.39. The van der Waals surface area contributed by atoms with Crippen LogP contribution >= 0.6 is 0 Å². The zero-order valence-corrected chi connectivity index (χ0v) is 18.2.